The van der Waals surface area contributed by atoms with Gasteiger partial charge >= 0.3 is 0 Å². The average Bonchev–Trinajstić information content (AvgIpc) is 3.05. The molecule has 3 aromatic rings. The first-order chi connectivity index (χ1) is 13.3. The lowest BCUT2D eigenvalue weighted by Crippen LogP contribution is -2.40. The standard InChI is InChI=1S/C19H16F2N4O2S/c1-10(18(23)27)25(12-7-8-13(20)14(21)9-12)19-24-17(22)16(28-19)15(26)11-5-3-2-4-6-11/h2-10H,22H2,1H3,(H2,23,27). The molecule has 1 atom stereocenters. The summed E-state index contributed by atoms with van der Waals surface area (Å²) in [6.45, 7) is 1.49. The van der Waals surface area contributed by atoms with E-state index in [0.717, 1.165) is 23.5 Å². The molecule has 0 aliphatic heterocycles. The zero-order valence-electron chi connectivity index (χ0n) is 14.7. The number of carbonyl (C=O) groups is 2. The molecule has 6 nitrogen and oxygen atoms in total. The number of nitrogens with zero attached hydrogens (tertiary/aromatic N) is 2. The number of hydrogen-bond acceptors (Lipinski definition) is 6. The predicted octanol–water partition coefficient (Wildman–Crippen LogP) is 3.25. The second kappa shape index (κ2) is 7.73. The number of benzene rings is 2. The van der Waals surface area contributed by atoms with Gasteiger partial charge in [-0.25, -0.2) is 13.8 Å². The van der Waals surface area contributed by atoms with Crippen LogP contribution >= 0.6 is 11.3 Å². The van der Waals surface area contributed by atoms with Gasteiger partial charge in [0.05, 0.1) is 0 Å². The summed E-state index contributed by atoms with van der Waals surface area (Å²) in [5.41, 5.74) is 11.9. The van der Waals surface area contributed by atoms with Crippen molar-refractivity contribution in [2.24, 2.45) is 5.73 Å². The lowest BCUT2D eigenvalue weighted by Gasteiger charge is -2.26. The predicted molar refractivity (Wildman–Crippen MR) is 104 cm³/mol. The third-order valence-corrected chi connectivity index (χ3v) is 5.14. The van der Waals surface area contributed by atoms with Gasteiger partial charge in [0.1, 0.15) is 16.7 Å². The first-order valence-electron chi connectivity index (χ1n) is 8.19. The molecule has 0 aliphatic rings. The molecule has 4 N–H and O–H groups in total. The van der Waals surface area contributed by atoms with Crippen molar-refractivity contribution in [2.75, 3.05) is 10.6 Å². The van der Waals surface area contributed by atoms with Gasteiger partial charge in [0, 0.05) is 17.3 Å². The Labute approximate surface area is 163 Å². The van der Waals surface area contributed by atoms with E-state index < -0.39 is 23.6 Å². The highest BCUT2D eigenvalue weighted by Crippen LogP contribution is 2.36. The van der Waals surface area contributed by atoms with Crippen LogP contribution in [0.4, 0.5) is 25.4 Å². The molecule has 3 rings (SSSR count). The van der Waals surface area contributed by atoms with Crippen molar-refractivity contribution in [1.82, 2.24) is 4.98 Å². The van der Waals surface area contributed by atoms with Gasteiger partial charge in [0.2, 0.25) is 11.7 Å². The van der Waals surface area contributed by atoms with Gasteiger partial charge in [-0.05, 0) is 19.1 Å². The van der Waals surface area contributed by atoms with Crippen LogP contribution in [-0.2, 0) is 4.79 Å². The van der Waals surface area contributed by atoms with Gasteiger partial charge in [0.15, 0.2) is 16.8 Å². The molecule has 0 saturated heterocycles. The fraction of sp³-hybridized carbons (Fsp3) is 0.105. The maximum absolute atomic E-state index is 13.7. The maximum Gasteiger partial charge on any atom is 0.240 e. The minimum absolute atomic E-state index is 0.0295. The third kappa shape index (κ3) is 3.70. The Balaban J connectivity index is 2.07. The smallest absolute Gasteiger partial charge is 0.240 e. The highest BCUT2D eigenvalue weighted by Gasteiger charge is 2.28. The molecule has 0 bridgehead atoms. The van der Waals surface area contributed by atoms with Crippen molar-refractivity contribution in [3.8, 4) is 0 Å². The van der Waals surface area contributed by atoms with Gasteiger partial charge in [-0.2, -0.15) is 0 Å². The molecule has 0 aliphatic carbocycles. The lowest BCUT2D eigenvalue weighted by molar-refractivity contribution is -0.118. The molecule has 1 aromatic heterocycles. The number of hydrogen-bond donors (Lipinski definition) is 2. The fourth-order valence-electron chi connectivity index (χ4n) is 2.57. The third-order valence-electron chi connectivity index (χ3n) is 4.07. The van der Waals surface area contributed by atoms with E-state index in [-0.39, 0.29) is 27.3 Å². The van der Waals surface area contributed by atoms with E-state index in [9.17, 15) is 18.4 Å². The van der Waals surface area contributed by atoms with Crippen LogP contribution in [0.3, 0.4) is 0 Å². The number of amides is 1. The average molecular weight is 402 g/mol. The Morgan fingerprint density at radius 1 is 1.11 bits per heavy atom. The van der Waals surface area contributed by atoms with E-state index in [2.05, 4.69) is 4.98 Å². The summed E-state index contributed by atoms with van der Waals surface area (Å²) in [6, 6.07) is 10.7. The number of nitrogen functional groups attached to an aromatic ring is 1. The van der Waals surface area contributed by atoms with Crippen molar-refractivity contribution in [3.63, 3.8) is 0 Å². The maximum atomic E-state index is 13.7. The SMILES string of the molecule is CC(C(N)=O)N(c1ccc(F)c(F)c1)c1nc(N)c(C(=O)c2ccccc2)s1. The van der Waals surface area contributed by atoms with E-state index in [1.54, 1.807) is 30.3 Å². The summed E-state index contributed by atoms with van der Waals surface area (Å²) in [7, 11) is 0. The Kier molecular flexibility index (Phi) is 5.36. The van der Waals surface area contributed by atoms with Crippen LogP contribution < -0.4 is 16.4 Å². The van der Waals surface area contributed by atoms with Gasteiger partial charge in [-0.15, -0.1) is 0 Å². The monoisotopic (exact) mass is 402 g/mol. The molecule has 28 heavy (non-hydrogen) atoms. The molecule has 1 amide bonds. The molecule has 9 heteroatoms. The molecule has 144 valence electrons. The topological polar surface area (TPSA) is 102 Å². The fourth-order valence-corrected chi connectivity index (χ4v) is 3.62. The molecule has 1 unspecified atom stereocenters. The minimum Gasteiger partial charge on any atom is -0.382 e. The van der Waals surface area contributed by atoms with Crippen LogP contribution in [0.25, 0.3) is 0 Å². The summed E-state index contributed by atoms with van der Waals surface area (Å²) in [4.78, 5) is 30.1. The molecular weight excluding hydrogens is 386 g/mol. The zero-order valence-corrected chi connectivity index (χ0v) is 15.5. The number of primary amides is 1. The number of aromatic nitrogens is 1. The van der Waals surface area contributed by atoms with E-state index in [1.165, 1.54) is 17.9 Å². The summed E-state index contributed by atoms with van der Waals surface area (Å²) in [5, 5.41) is 0.161. The van der Waals surface area contributed by atoms with E-state index >= 15 is 0 Å². The highest BCUT2D eigenvalue weighted by atomic mass is 32.1. The molecule has 0 fully saturated rings. The largest absolute Gasteiger partial charge is 0.382 e. The van der Waals surface area contributed by atoms with Crippen LogP contribution in [0.15, 0.2) is 48.5 Å². The number of nitrogens with two attached hydrogens (primary N) is 2. The number of thiazole rings is 1. The molecule has 1 heterocycles. The zero-order chi connectivity index (χ0) is 20.4. The molecule has 2 aromatic carbocycles. The highest BCUT2D eigenvalue weighted by molar-refractivity contribution is 7.18. The Hall–Kier alpha value is -3.33. The number of rotatable bonds is 6. The van der Waals surface area contributed by atoms with E-state index in [1.807, 2.05) is 0 Å². The summed E-state index contributed by atoms with van der Waals surface area (Å²) in [6.07, 6.45) is 0. The number of ketones is 1. The second-order valence-corrected chi connectivity index (χ2v) is 6.93. The molecule has 0 saturated carbocycles. The number of anilines is 3. The second-order valence-electron chi connectivity index (χ2n) is 5.95. The van der Waals surface area contributed by atoms with Crippen LogP contribution in [0.2, 0.25) is 0 Å². The summed E-state index contributed by atoms with van der Waals surface area (Å²) in [5.74, 6) is -3.20. The van der Waals surface area contributed by atoms with E-state index in [4.69, 9.17) is 11.5 Å². The summed E-state index contributed by atoms with van der Waals surface area (Å²) >= 11 is 0.937. The molecule has 0 radical (unpaired) electrons. The normalized spacial score (nSPS) is 11.8. The Morgan fingerprint density at radius 2 is 1.79 bits per heavy atom. The lowest BCUT2D eigenvalue weighted by atomic mass is 10.1. The van der Waals surface area contributed by atoms with Crippen LogP contribution in [0, 0.1) is 11.6 Å². The van der Waals surface area contributed by atoms with Crippen molar-refractivity contribution in [1.29, 1.82) is 0 Å². The van der Waals surface area contributed by atoms with Gasteiger partial charge < -0.3 is 16.4 Å². The van der Waals surface area contributed by atoms with Crippen LogP contribution in [0.1, 0.15) is 22.2 Å². The first-order valence-corrected chi connectivity index (χ1v) is 9.01. The number of halogens is 2. The van der Waals surface area contributed by atoms with Gasteiger partial charge in [-0.3, -0.25) is 9.59 Å². The first kappa shape index (κ1) is 19.4. The van der Waals surface area contributed by atoms with Crippen LogP contribution in [-0.4, -0.2) is 22.7 Å². The Morgan fingerprint density at radius 3 is 2.39 bits per heavy atom. The number of carbonyl (C=O) groups excluding carboxylic acids is 2. The molecule has 0 spiro atoms. The van der Waals surface area contributed by atoms with E-state index in [0.29, 0.717) is 5.56 Å². The van der Waals surface area contributed by atoms with Crippen molar-refractivity contribution in [3.05, 3.63) is 70.6 Å². The van der Waals surface area contributed by atoms with Gasteiger partial charge in [0.25, 0.3) is 0 Å². The summed E-state index contributed by atoms with van der Waals surface area (Å²) < 4.78 is 27.1. The van der Waals surface area contributed by atoms with Gasteiger partial charge in [-0.1, -0.05) is 41.7 Å². The van der Waals surface area contributed by atoms with Crippen LogP contribution in [0.5, 0.6) is 0 Å². The Bertz CT molecular complexity index is 1040. The quantitative estimate of drug-likeness (QED) is 0.616. The van der Waals surface area contributed by atoms with Crippen molar-refractivity contribution in [2.45, 2.75) is 13.0 Å². The molecular formula is C19H16F2N4O2S. The van der Waals surface area contributed by atoms with Crippen molar-refractivity contribution >= 4 is 39.7 Å². The van der Waals surface area contributed by atoms with Crippen molar-refractivity contribution < 1.29 is 18.4 Å². The minimum atomic E-state index is -1.09.